The van der Waals surface area contributed by atoms with Gasteiger partial charge in [-0.25, -0.2) is 9.78 Å². The molecule has 1 fully saturated rings. The van der Waals surface area contributed by atoms with Crippen molar-refractivity contribution in [1.82, 2.24) is 15.2 Å². The molecular weight excluding hydrogens is 526 g/mol. The van der Waals surface area contributed by atoms with Crippen molar-refractivity contribution in [3.63, 3.8) is 0 Å². The fourth-order valence-corrected chi connectivity index (χ4v) is 6.20. The maximum absolute atomic E-state index is 13.5. The van der Waals surface area contributed by atoms with E-state index in [1.165, 1.54) is 17.4 Å². The standard InChI is InChI=1S/C30H27N5O4S/c1-3-24(36)34-15-7-8-19(17-34)32-28(37)27-26-25-22(13-14-31-29(25)40-27)35(30(38)33-26)20-11-12-23(18(2)16-20)39-21-9-5-4-6-10-21/h3-6,9-14,16,19H,1,7-8,15,17H2,2H3,(H,32,37)(H,33,38). The Morgan fingerprint density at radius 1 is 1.20 bits per heavy atom. The summed E-state index contributed by atoms with van der Waals surface area (Å²) in [5.41, 5.74) is 2.64. The minimum atomic E-state index is -0.371. The van der Waals surface area contributed by atoms with Gasteiger partial charge in [0, 0.05) is 25.3 Å². The number of thiophene rings is 1. The molecule has 1 unspecified atom stereocenters. The van der Waals surface area contributed by atoms with Gasteiger partial charge in [0.15, 0.2) is 0 Å². The topological polar surface area (TPSA) is 104 Å². The summed E-state index contributed by atoms with van der Waals surface area (Å²) in [7, 11) is 0. The number of pyridine rings is 1. The van der Waals surface area contributed by atoms with Crippen LogP contribution >= 0.6 is 11.3 Å². The summed E-state index contributed by atoms with van der Waals surface area (Å²) in [4.78, 5) is 47.8. The Bertz CT molecular complexity index is 1650. The molecule has 0 saturated carbocycles. The first-order valence-electron chi connectivity index (χ1n) is 13.0. The number of hydrogen-bond acceptors (Lipinski definition) is 6. The summed E-state index contributed by atoms with van der Waals surface area (Å²) in [6.07, 6.45) is 4.49. The number of ether oxygens (including phenoxy) is 1. The van der Waals surface area contributed by atoms with Gasteiger partial charge in [0.2, 0.25) is 5.91 Å². The van der Waals surface area contributed by atoms with Crippen LogP contribution in [0.5, 0.6) is 11.5 Å². The lowest BCUT2D eigenvalue weighted by Gasteiger charge is -2.32. The van der Waals surface area contributed by atoms with E-state index in [0.717, 1.165) is 24.2 Å². The molecule has 9 nitrogen and oxygen atoms in total. The molecule has 2 aliphatic rings. The van der Waals surface area contributed by atoms with E-state index in [-0.39, 0.29) is 23.9 Å². The van der Waals surface area contributed by atoms with Crippen molar-refractivity contribution in [2.24, 2.45) is 0 Å². The molecule has 40 heavy (non-hydrogen) atoms. The van der Waals surface area contributed by atoms with Crippen LogP contribution in [0.3, 0.4) is 0 Å². The number of anilines is 3. The molecule has 4 heterocycles. The molecule has 6 rings (SSSR count). The number of hydrogen-bond donors (Lipinski definition) is 2. The van der Waals surface area contributed by atoms with Gasteiger partial charge in [0.25, 0.3) is 5.91 Å². The highest BCUT2D eigenvalue weighted by Gasteiger charge is 2.34. The zero-order valence-corrected chi connectivity index (χ0v) is 22.7. The van der Waals surface area contributed by atoms with Crippen molar-refractivity contribution >= 4 is 56.5 Å². The van der Waals surface area contributed by atoms with Crippen LogP contribution in [0.15, 0.2) is 73.4 Å². The first-order valence-corrected chi connectivity index (χ1v) is 13.8. The molecule has 4 amide bonds. The molecule has 2 aromatic carbocycles. The number of urea groups is 1. The molecule has 1 atom stereocenters. The number of carbonyl (C=O) groups excluding carboxylic acids is 3. The van der Waals surface area contributed by atoms with E-state index >= 15 is 0 Å². The molecule has 2 aromatic heterocycles. The molecule has 0 aliphatic carbocycles. The van der Waals surface area contributed by atoms with Gasteiger partial charge in [-0.15, -0.1) is 11.3 Å². The van der Waals surface area contributed by atoms with E-state index in [4.69, 9.17) is 4.74 Å². The van der Waals surface area contributed by atoms with E-state index in [2.05, 4.69) is 22.2 Å². The lowest BCUT2D eigenvalue weighted by atomic mass is 10.1. The van der Waals surface area contributed by atoms with Gasteiger partial charge in [0.05, 0.1) is 22.4 Å². The monoisotopic (exact) mass is 553 g/mol. The summed E-state index contributed by atoms with van der Waals surface area (Å²) in [5.74, 6) is 0.978. The maximum Gasteiger partial charge on any atom is 0.331 e. The number of aryl methyl sites for hydroxylation is 1. The van der Waals surface area contributed by atoms with Crippen LogP contribution < -0.4 is 20.3 Å². The molecule has 0 bridgehead atoms. The Kier molecular flexibility index (Phi) is 6.69. The normalized spacial score (nSPS) is 16.4. The largest absolute Gasteiger partial charge is 0.457 e. The molecular formula is C30H27N5O4S. The van der Waals surface area contributed by atoms with Gasteiger partial charge in [-0.1, -0.05) is 24.8 Å². The van der Waals surface area contributed by atoms with Crippen molar-refractivity contribution in [2.45, 2.75) is 25.8 Å². The van der Waals surface area contributed by atoms with Crippen molar-refractivity contribution in [1.29, 1.82) is 0 Å². The predicted molar refractivity (Wildman–Crippen MR) is 156 cm³/mol. The number of aromatic nitrogens is 1. The number of amides is 4. The van der Waals surface area contributed by atoms with Crippen molar-refractivity contribution in [3.8, 4) is 11.5 Å². The number of piperidine rings is 1. The van der Waals surface area contributed by atoms with E-state index < -0.39 is 0 Å². The third kappa shape index (κ3) is 4.66. The van der Waals surface area contributed by atoms with Crippen molar-refractivity contribution < 1.29 is 19.1 Å². The summed E-state index contributed by atoms with van der Waals surface area (Å²) in [5, 5.41) is 6.70. The number of nitrogens with zero attached hydrogens (tertiary/aromatic N) is 3. The zero-order chi connectivity index (χ0) is 27.8. The van der Waals surface area contributed by atoms with Crippen molar-refractivity contribution in [3.05, 3.63) is 83.9 Å². The molecule has 10 heteroatoms. The fraction of sp³-hybridized carbons (Fsp3) is 0.200. The lowest BCUT2D eigenvalue weighted by molar-refractivity contribution is -0.127. The second kappa shape index (κ2) is 10.5. The van der Waals surface area contributed by atoms with Crippen LogP contribution in [0, 0.1) is 6.92 Å². The SMILES string of the molecule is C=CC(=O)N1CCCC(NC(=O)c2sc3nccc4c3c2NC(=O)N4c2ccc(Oc3ccccc3)c(C)c2)C1. The number of para-hydroxylation sites is 1. The van der Waals surface area contributed by atoms with Gasteiger partial charge >= 0.3 is 6.03 Å². The average Bonchev–Trinajstić information content (AvgIpc) is 3.34. The van der Waals surface area contributed by atoms with Gasteiger partial charge in [0.1, 0.15) is 21.2 Å². The average molecular weight is 554 g/mol. The van der Waals surface area contributed by atoms with Gasteiger partial charge in [-0.05, 0) is 67.8 Å². The minimum Gasteiger partial charge on any atom is -0.457 e. The second-order valence-corrected chi connectivity index (χ2v) is 10.7. The Balaban J connectivity index is 1.29. The van der Waals surface area contributed by atoms with Crippen LogP contribution in [0.25, 0.3) is 10.2 Å². The van der Waals surface area contributed by atoms with Crippen molar-refractivity contribution in [2.75, 3.05) is 23.3 Å². The van der Waals surface area contributed by atoms with E-state index in [1.54, 1.807) is 22.1 Å². The second-order valence-electron chi connectivity index (χ2n) is 9.75. The Labute approximate surface area is 235 Å². The highest BCUT2D eigenvalue weighted by Crippen LogP contribution is 2.46. The first-order chi connectivity index (χ1) is 19.4. The van der Waals surface area contributed by atoms with Gasteiger partial charge < -0.3 is 20.3 Å². The molecule has 0 radical (unpaired) electrons. The highest BCUT2D eigenvalue weighted by molar-refractivity contribution is 7.21. The summed E-state index contributed by atoms with van der Waals surface area (Å²) in [6, 6.07) is 16.3. The highest BCUT2D eigenvalue weighted by atomic mass is 32.1. The number of carbonyl (C=O) groups is 3. The van der Waals surface area contributed by atoms with Crippen LogP contribution in [0.4, 0.5) is 21.9 Å². The minimum absolute atomic E-state index is 0.146. The molecule has 202 valence electrons. The molecule has 2 N–H and O–H groups in total. The molecule has 0 spiro atoms. The van der Waals surface area contributed by atoms with E-state index in [0.29, 0.717) is 51.0 Å². The Morgan fingerprint density at radius 3 is 2.80 bits per heavy atom. The number of likely N-dealkylation sites (tertiary alicyclic amines) is 1. The Hall–Kier alpha value is -4.70. The van der Waals surface area contributed by atoms with Crippen LogP contribution in [0.2, 0.25) is 0 Å². The molecule has 2 aliphatic heterocycles. The van der Waals surface area contributed by atoms with Gasteiger partial charge in [-0.3, -0.25) is 14.5 Å². The molecule has 1 saturated heterocycles. The fourth-order valence-electron chi connectivity index (χ4n) is 5.18. The first kappa shape index (κ1) is 25.6. The third-order valence-corrected chi connectivity index (χ3v) is 8.18. The number of rotatable bonds is 6. The van der Waals surface area contributed by atoms with E-state index in [1.807, 2.05) is 55.5 Å². The maximum atomic E-state index is 13.5. The van der Waals surface area contributed by atoms with Crippen LogP contribution in [0.1, 0.15) is 28.1 Å². The predicted octanol–water partition coefficient (Wildman–Crippen LogP) is 5.99. The summed E-state index contributed by atoms with van der Waals surface area (Å²) in [6.45, 7) is 6.55. The zero-order valence-electron chi connectivity index (χ0n) is 21.8. The number of benzene rings is 2. The smallest absolute Gasteiger partial charge is 0.331 e. The van der Waals surface area contributed by atoms with E-state index in [9.17, 15) is 14.4 Å². The summed E-state index contributed by atoms with van der Waals surface area (Å²) < 4.78 is 6.01. The summed E-state index contributed by atoms with van der Waals surface area (Å²) >= 11 is 1.24. The third-order valence-electron chi connectivity index (χ3n) is 7.08. The Morgan fingerprint density at radius 2 is 2.02 bits per heavy atom. The lowest BCUT2D eigenvalue weighted by Crippen LogP contribution is -2.49. The molecule has 4 aromatic rings. The van der Waals surface area contributed by atoms with Crippen LogP contribution in [-0.2, 0) is 4.79 Å². The van der Waals surface area contributed by atoms with Gasteiger partial charge in [-0.2, -0.15) is 0 Å². The number of nitrogens with one attached hydrogen (secondary N) is 2. The quantitative estimate of drug-likeness (QED) is 0.286. The van der Waals surface area contributed by atoms with Crippen LogP contribution in [-0.4, -0.2) is 46.9 Å².